The molecule has 0 saturated carbocycles. The van der Waals surface area contributed by atoms with Crippen molar-refractivity contribution >= 4 is 39.1 Å². The molecule has 34 heavy (non-hydrogen) atoms. The van der Waals surface area contributed by atoms with Gasteiger partial charge < -0.3 is 19.4 Å². The number of thiophene rings is 1. The lowest BCUT2D eigenvalue weighted by Gasteiger charge is -2.25. The number of aromatic nitrogens is 1. The van der Waals surface area contributed by atoms with Gasteiger partial charge in [-0.15, -0.1) is 11.3 Å². The van der Waals surface area contributed by atoms with Gasteiger partial charge in [0.1, 0.15) is 10.4 Å². The van der Waals surface area contributed by atoms with Crippen LogP contribution < -0.4 is 10.7 Å². The summed E-state index contributed by atoms with van der Waals surface area (Å²) < 4.78 is 13.3. The minimum Gasteiger partial charge on any atom is -0.379 e. The molecule has 0 spiro atoms. The monoisotopic (exact) mass is 501 g/mol. The number of rotatable bonds is 7. The molecule has 1 amide bonds. The predicted octanol–water partition coefficient (Wildman–Crippen LogP) is 3.66. The number of halogens is 1. The molecule has 0 aliphatic carbocycles. The van der Waals surface area contributed by atoms with E-state index in [1.54, 1.807) is 29.7 Å². The van der Waals surface area contributed by atoms with E-state index in [2.05, 4.69) is 10.2 Å². The van der Waals surface area contributed by atoms with Crippen LogP contribution in [0.4, 0.5) is 0 Å². The van der Waals surface area contributed by atoms with Gasteiger partial charge in [-0.1, -0.05) is 23.7 Å². The van der Waals surface area contributed by atoms with Gasteiger partial charge >= 0.3 is 0 Å². The molecule has 3 aromatic rings. The predicted molar refractivity (Wildman–Crippen MR) is 134 cm³/mol. The van der Waals surface area contributed by atoms with Gasteiger partial charge in [-0.05, 0) is 36.6 Å². The molecule has 9 heteroatoms. The number of pyridine rings is 1. The van der Waals surface area contributed by atoms with Crippen LogP contribution in [0.1, 0.15) is 33.6 Å². The quantitative estimate of drug-likeness (QED) is 0.535. The Morgan fingerprint density at radius 3 is 2.71 bits per heavy atom. The van der Waals surface area contributed by atoms with Crippen molar-refractivity contribution in [3.8, 4) is 0 Å². The van der Waals surface area contributed by atoms with Crippen molar-refractivity contribution < 1.29 is 14.3 Å². The largest absolute Gasteiger partial charge is 0.379 e. The first-order valence-corrected chi connectivity index (χ1v) is 12.9. The molecule has 0 radical (unpaired) electrons. The van der Waals surface area contributed by atoms with Crippen LogP contribution in [0.3, 0.4) is 0 Å². The van der Waals surface area contributed by atoms with Crippen LogP contribution in [0.25, 0.3) is 10.2 Å². The number of carbonyl (C=O) groups is 1. The highest BCUT2D eigenvalue weighted by atomic mass is 35.5. The second kappa shape index (κ2) is 10.6. The van der Waals surface area contributed by atoms with Crippen LogP contribution >= 0.6 is 22.9 Å². The molecule has 7 nitrogen and oxygen atoms in total. The maximum absolute atomic E-state index is 13.4. The lowest BCUT2D eigenvalue weighted by atomic mass is 10.1. The van der Waals surface area contributed by atoms with Gasteiger partial charge in [0, 0.05) is 55.4 Å². The molecule has 2 fully saturated rings. The Hall–Kier alpha value is -2.23. The normalized spacial score (nSPS) is 19.0. The van der Waals surface area contributed by atoms with Gasteiger partial charge in [-0.3, -0.25) is 14.5 Å². The summed E-state index contributed by atoms with van der Waals surface area (Å²) in [6, 6.07) is 9.24. The maximum atomic E-state index is 13.4. The van der Waals surface area contributed by atoms with E-state index in [4.69, 9.17) is 21.1 Å². The van der Waals surface area contributed by atoms with E-state index in [0.29, 0.717) is 23.5 Å². The number of hydrogen-bond donors (Lipinski definition) is 1. The molecule has 4 heterocycles. The van der Waals surface area contributed by atoms with Gasteiger partial charge in [0.15, 0.2) is 0 Å². The van der Waals surface area contributed by atoms with Crippen LogP contribution in [0, 0.1) is 0 Å². The maximum Gasteiger partial charge on any atom is 0.257 e. The standard InChI is InChI=1S/C25H28ClN3O4S/c26-18-5-3-17(4-6-18)13-27-24(31)22-16-29(14-19-2-1-9-33-19)25-21(23(22)30)12-20(34-25)15-28-7-10-32-11-8-28/h3-6,12,16,19H,1-2,7-11,13-15H2,(H,27,31). The summed E-state index contributed by atoms with van der Waals surface area (Å²) in [5.41, 5.74) is 0.855. The highest BCUT2D eigenvalue weighted by molar-refractivity contribution is 7.18. The highest BCUT2D eigenvalue weighted by Gasteiger charge is 2.22. The average molecular weight is 502 g/mol. The van der Waals surface area contributed by atoms with E-state index >= 15 is 0 Å². The molecular formula is C25H28ClN3O4S. The van der Waals surface area contributed by atoms with E-state index in [1.165, 1.54) is 0 Å². The number of nitrogens with zero attached hydrogens (tertiary/aromatic N) is 2. The Bertz CT molecular complexity index is 1210. The summed E-state index contributed by atoms with van der Waals surface area (Å²) in [6.07, 6.45) is 3.83. The van der Waals surface area contributed by atoms with Crippen molar-refractivity contribution in [1.29, 1.82) is 0 Å². The fraction of sp³-hybridized carbons (Fsp3) is 0.440. The zero-order valence-electron chi connectivity index (χ0n) is 18.9. The van der Waals surface area contributed by atoms with Gasteiger partial charge in [0.25, 0.3) is 5.91 Å². The summed E-state index contributed by atoms with van der Waals surface area (Å²) in [5, 5.41) is 4.13. The number of carbonyl (C=O) groups excluding carboxylic acids is 1. The summed E-state index contributed by atoms with van der Waals surface area (Å²) in [5.74, 6) is -0.371. The number of hydrogen-bond acceptors (Lipinski definition) is 6. The number of benzene rings is 1. The second-order valence-electron chi connectivity index (χ2n) is 8.79. The molecule has 2 saturated heterocycles. The Morgan fingerprint density at radius 2 is 1.97 bits per heavy atom. The smallest absolute Gasteiger partial charge is 0.257 e. The number of fused-ring (bicyclic) bond motifs is 1. The molecular weight excluding hydrogens is 474 g/mol. The average Bonchev–Trinajstić information content (AvgIpc) is 3.51. The summed E-state index contributed by atoms with van der Waals surface area (Å²) >= 11 is 7.58. The van der Waals surface area contributed by atoms with Crippen LogP contribution in [0.5, 0.6) is 0 Å². The lowest BCUT2D eigenvalue weighted by Crippen LogP contribution is -2.35. The van der Waals surface area contributed by atoms with Crippen molar-refractivity contribution in [3.05, 3.63) is 67.8 Å². The third-order valence-corrected chi connectivity index (χ3v) is 7.73. The van der Waals surface area contributed by atoms with E-state index in [0.717, 1.165) is 67.6 Å². The van der Waals surface area contributed by atoms with Crippen LogP contribution in [-0.4, -0.2) is 54.4 Å². The molecule has 1 aromatic carbocycles. The van der Waals surface area contributed by atoms with E-state index in [1.807, 2.05) is 22.8 Å². The Balaban J connectivity index is 1.43. The number of ether oxygens (including phenoxy) is 2. The SMILES string of the molecule is O=C(NCc1ccc(Cl)cc1)c1cn(CC2CCCO2)c2sc(CN3CCOCC3)cc2c1=O. The molecule has 2 aliphatic heterocycles. The zero-order valence-corrected chi connectivity index (χ0v) is 20.5. The zero-order chi connectivity index (χ0) is 23.5. The Labute approximate surface area is 207 Å². The van der Waals surface area contributed by atoms with Crippen molar-refractivity contribution in [2.24, 2.45) is 0 Å². The molecule has 5 rings (SSSR count). The van der Waals surface area contributed by atoms with Crippen molar-refractivity contribution in [1.82, 2.24) is 14.8 Å². The van der Waals surface area contributed by atoms with Crippen LogP contribution in [0.2, 0.25) is 5.02 Å². The van der Waals surface area contributed by atoms with Crippen LogP contribution in [-0.2, 0) is 29.1 Å². The highest BCUT2D eigenvalue weighted by Crippen LogP contribution is 2.27. The van der Waals surface area contributed by atoms with Crippen molar-refractivity contribution in [3.63, 3.8) is 0 Å². The lowest BCUT2D eigenvalue weighted by molar-refractivity contribution is 0.0346. The van der Waals surface area contributed by atoms with Gasteiger partial charge in [-0.25, -0.2) is 0 Å². The molecule has 0 bridgehead atoms. The Morgan fingerprint density at radius 1 is 1.18 bits per heavy atom. The number of nitrogens with one attached hydrogen (secondary N) is 1. The summed E-state index contributed by atoms with van der Waals surface area (Å²) in [6.45, 7) is 5.72. The third-order valence-electron chi connectivity index (χ3n) is 6.32. The van der Waals surface area contributed by atoms with E-state index < -0.39 is 0 Å². The number of morpholine rings is 1. The minimum atomic E-state index is -0.371. The minimum absolute atomic E-state index is 0.0977. The van der Waals surface area contributed by atoms with E-state index in [9.17, 15) is 9.59 Å². The second-order valence-corrected chi connectivity index (χ2v) is 10.3. The molecule has 1 N–H and O–H groups in total. The summed E-state index contributed by atoms with van der Waals surface area (Å²) in [4.78, 5) is 30.8. The van der Waals surface area contributed by atoms with Gasteiger partial charge in [0.05, 0.1) is 24.7 Å². The van der Waals surface area contributed by atoms with E-state index in [-0.39, 0.29) is 23.0 Å². The molecule has 1 atom stereocenters. The first-order chi connectivity index (χ1) is 16.6. The fourth-order valence-electron chi connectivity index (χ4n) is 4.47. The first kappa shape index (κ1) is 23.5. The van der Waals surface area contributed by atoms with Crippen molar-refractivity contribution in [2.75, 3.05) is 32.9 Å². The topological polar surface area (TPSA) is 72.8 Å². The molecule has 2 aromatic heterocycles. The van der Waals surface area contributed by atoms with Crippen LogP contribution in [0.15, 0.2) is 41.3 Å². The van der Waals surface area contributed by atoms with Gasteiger partial charge in [-0.2, -0.15) is 0 Å². The molecule has 1 unspecified atom stereocenters. The fourth-order valence-corrected chi connectivity index (χ4v) is 5.77. The van der Waals surface area contributed by atoms with Crippen molar-refractivity contribution in [2.45, 2.75) is 38.6 Å². The first-order valence-electron chi connectivity index (χ1n) is 11.7. The summed E-state index contributed by atoms with van der Waals surface area (Å²) in [7, 11) is 0. The molecule has 2 aliphatic rings. The number of amides is 1. The molecule has 180 valence electrons. The Kier molecular flexibility index (Phi) is 7.32. The third kappa shape index (κ3) is 5.37. The van der Waals surface area contributed by atoms with Gasteiger partial charge in [0.2, 0.25) is 5.43 Å².